The van der Waals surface area contributed by atoms with E-state index in [1.165, 1.54) is 12.1 Å². The number of rotatable bonds is 3. The minimum Gasteiger partial charge on any atom is -0.330 e. The minimum absolute atomic E-state index is 0.0890. The molecule has 0 radical (unpaired) electrons. The van der Waals surface area contributed by atoms with Crippen molar-refractivity contribution in [3.63, 3.8) is 0 Å². The second-order valence-electron chi connectivity index (χ2n) is 4.70. The lowest BCUT2D eigenvalue weighted by atomic mass is 10.0. The van der Waals surface area contributed by atoms with Crippen LogP contribution in [-0.2, 0) is 0 Å². The topological polar surface area (TPSA) is 49.6 Å². The van der Waals surface area contributed by atoms with Gasteiger partial charge in [0.1, 0.15) is 5.82 Å². The van der Waals surface area contributed by atoms with Crippen molar-refractivity contribution < 1.29 is 9.18 Å². The average Bonchev–Trinajstić information content (AvgIpc) is 2.34. The van der Waals surface area contributed by atoms with Crippen molar-refractivity contribution in [1.29, 1.82) is 0 Å². The van der Waals surface area contributed by atoms with Gasteiger partial charge in [-0.3, -0.25) is 4.90 Å². The van der Waals surface area contributed by atoms with Crippen molar-refractivity contribution in [1.82, 2.24) is 4.90 Å². The summed E-state index contributed by atoms with van der Waals surface area (Å²) in [4.78, 5) is 15.4. The number of nitrogens with two attached hydrogens (primary N) is 1. The van der Waals surface area contributed by atoms with Gasteiger partial charge in [0.05, 0.1) is 0 Å². The number of hydrogen-bond donors (Lipinski definition) is 1. The number of amides is 2. The highest BCUT2D eigenvalue weighted by Gasteiger charge is 2.30. The molecule has 0 spiro atoms. The van der Waals surface area contributed by atoms with E-state index in [1.54, 1.807) is 29.0 Å². The zero-order chi connectivity index (χ0) is 13.1. The van der Waals surface area contributed by atoms with Crippen molar-refractivity contribution in [2.45, 2.75) is 6.42 Å². The minimum atomic E-state index is -0.330. The fourth-order valence-electron chi connectivity index (χ4n) is 2.34. The van der Waals surface area contributed by atoms with E-state index in [-0.39, 0.29) is 11.8 Å². The lowest BCUT2D eigenvalue weighted by molar-refractivity contribution is 0.191. The summed E-state index contributed by atoms with van der Waals surface area (Å²) in [5.74, 6) is 0.00451. The van der Waals surface area contributed by atoms with Crippen LogP contribution in [0.5, 0.6) is 0 Å². The predicted octanol–water partition coefficient (Wildman–Crippen LogP) is 1.66. The van der Waals surface area contributed by atoms with Crippen molar-refractivity contribution >= 4 is 11.7 Å². The Labute approximate surface area is 106 Å². The molecule has 2 N–H and O–H groups in total. The number of carbonyl (C=O) groups is 1. The highest BCUT2D eigenvalue weighted by molar-refractivity contribution is 5.92. The quantitative estimate of drug-likeness (QED) is 0.888. The first-order valence-electron chi connectivity index (χ1n) is 6.10. The molecule has 98 valence electrons. The van der Waals surface area contributed by atoms with E-state index in [0.717, 1.165) is 6.42 Å². The summed E-state index contributed by atoms with van der Waals surface area (Å²) in [6.45, 7) is 1.91. The summed E-state index contributed by atoms with van der Waals surface area (Å²) >= 11 is 0. The number of benzene rings is 1. The van der Waals surface area contributed by atoms with Crippen molar-refractivity contribution in [2.75, 3.05) is 31.6 Å². The standard InChI is InChI=1S/C13H18FN3O/c1-16-8-10(5-6-15)9-17(13(16)18)12-4-2-3-11(14)7-12/h2-4,7,10H,5-6,8-9,15H2,1H3. The van der Waals surface area contributed by atoms with Crippen LogP contribution in [0, 0.1) is 11.7 Å². The first-order valence-corrected chi connectivity index (χ1v) is 6.10. The van der Waals surface area contributed by atoms with E-state index < -0.39 is 0 Å². The van der Waals surface area contributed by atoms with E-state index in [4.69, 9.17) is 5.73 Å². The van der Waals surface area contributed by atoms with E-state index in [9.17, 15) is 9.18 Å². The maximum atomic E-state index is 13.2. The molecule has 0 aliphatic carbocycles. The van der Waals surface area contributed by atoms with Crippen LogP contribution < -0.4 is 10.6 Å². The molecule has 1 atom stereocenters. The Morgan fingerprint density at radius 1 is 1.44 bits per heavy atom. The summed E-state index contributed by atoms with van der Waals surface area (Å²) in [6, 6.07) is 6.04. The first kappa shape index (κ1) is 12.8. The van der Waals surface area contributed by atoms with Crippen LogP contribution in [-0.4, -0.2) is 37.6 Å². The summed E-state index contributed by atoms with van der Waals surface area (Å²) in [6.07, 6.45) is 0.865. The third-order valence-electron chi connectivity index (χ3n) is 3.23. The van der Waals surface area contributed by atoms with Gasteiger partial charge in [0, 0.05) is 25.8 Å². The molecule has 0 saturated carbocycles. The van der Waals surface area contributed by atoms with Crippen LogP contribution in [0.1, 0.15) is 6.42 Å². The Bertz CT molecular complexity index is 438. The molecule has 1 unspecified atom stereocenters. The second kappa shape index (κ2) is 5.35. The highest BCUT2D eigenvalue weighted by atomic mass is 19.1. The van der Waals surface area contributed by atoms with Crippen LogP contribution in [0.15, 0.2) is 24.3 Å². The largest absolute Gasteiger partial charge is 0.330 e. The zero-order valence-electron chi connectivity index (χ0n) is 10.5. The molecule has 1 aromatic rings. The maximum Gasteiger partial charge on any atom is 0.324 e. The summed E-state index contributed by atoms with van der Waals surface area (Å²) in [5, 5.41) is 0. The SMILES string of the molecule is CN1CC(CCN)CN(c2cccc(F)c2)C1=O. The van der Waals surface area contributed by atoms with Gasteiger partial charge in [-0.25, -0.2) is 9.18 Å². The Morgan fingerprint density at radius 2 is 2.22 bits per heavy atom. The van der Waals surface area contributed by atoms with Gasteiger partial charge in [0.25, 0.3) is 0 Å². The number of halogens is 1. The van der Waals surface area contributed by atoms with E-state index in [2.05, 4.69) is 0 Å². The smallest absolute Gasteiger partial charge is 0.324 e. The van der Waals surface area contributed by atoms with Gasteiger partial charge in [-0.15, -0.1) is 0 Å². The summed E-state index contributed by atoms with van der Waals surface area (Å²) in [5.41, 5.74) is 6.17. The fourth-order valence-corrected chi connectivity index (χ4v) is 2.34. The Morgan fingerprint density at radius 3 is 2.89 bits per heavy atom. The third kappa shape index (κ3) is 2.61. The van der Waals surface area contributed by atoms with Crippen LogP contribution in [0.25, 0.3) is 0 Å². The number of anilines is 1. The van der Waals surface area contributed by atoms with E-state index >= 15 is 0 Å². The normalized spacial score (nSPS) is 20.4. The second-order valence-corrected chi connectivity index (χ2v) is 4.70. The first-order chi connectivity index (χ1) is 8.61. The fraction of sp³-hybridized carbons (Fsp3) is 0.462. The van der Waals surface area contributed by atoms with Gasteiger partial charge in [-0.1, -0.05) is 6.07 Å². The lowest BCUT2D eigenvalue weighted by Crippen LogP contribution is -2.52. The third-order valence-corrected chi connectivity index (χ3v) is 3.23. The number of hydrogen-bond acceptors (Lipinski definition) is 2. The molecule has 4 nitrogen and oxygen atoms in total. The molecule has 1 aliphatic rings. The van der Waals surface area contributed by atoms with Crippen LogP contribution in [0.4, 0.5) is 14.9 Å². The Hall–Kier alpha value is -1.62. The molecule has 2 rings (SSSR count). The molecule has 5 heteroatoms. The Kier molecular flexibility index (Phi) is 3.81. The summed E-state index contributed by atoms with van der Waals surface area (Å²) < 4.78 is 13.2. The lowest BCUT2D eigenvalue weighted by Gasteiger charge is -2.38. The van der Waals surface area contributed by atoms with Gasteiger partial charge in [0.15, 0.2) is 0 Å². The molecule has 18 heavy (non-hydrogen) atoms. The van der Waals surface area contributed by atoms with Crippen molar-refractivity contribution in [3.05, 3.63) is 30.1 Å². The van der Waals surface area contributed by atoms with Gasteiger partial charge < -0.3 is 10.6 Å². The molecule has 1 fully saturated rings. The highest BCUT2D eigenvalue weighted by Crippen LogP contribution is 2.23. The molecule has 0 aromatic heterocycles. The molecular weight excluding hydrogens is 233 g/mol. The van der Waals surface area contributed by atoms with E-state index in [0.29, 0.717) is 31.2 Å². The average molecular weight is 251 g/mol. The number of carbonyl (C=O) groups excluding carboxylic acids is 1. The predicted molar refractivity (Wildman–Crippen MR) is 68.9 cm³/mol. The monoisotopic (exact) mass is 251 g/mol. The maximum absolute atomic E-state index is 13.2. The summed E-state index contributed by atoms with van der Waals surface area (Å²) in [7, 11) is 1.76. The number of urea groups is 1. The molecule has 1 heterocycles. The van der Waals surface area contributed by atoms with Crippen molar-refractivity contribution in [3.8, 4) is 0 Å². The molecule has 1 aliphatic heterocycles. The molecule has 2 amide bonds. The van der Waals surface area contributed by atoms with Gasteiger partial charge in [-0.2, -0.15) is 0 Å². The van der Waals surface area contributed by atoms with Gasteiger partial charge in [-0.05, 0) is 37.1 Å². The van der Waals surface area contributed by atoms with Gasteiger partial charge in [0.2, 0.25) is 0 Å². The molecule has 1 aromatic carbocycles. The van der Waals surface area contributed by atoms with Crippen LogP contribution in [0.2, 0.25) is 0 Å². The molecular formula is C13H18FN3O. The number of nitrogens with zero attached hydrogens (tertiary/aromatic N) is 2. The molecule has 0 bridgehead atoms. The zero-order valence-corrected chi connectivity index (χ0v) is 10.5. The van der Waals surface area contributed by atoms with Gasteiger partial charge >= 0.3 is 6.03 Å². The van der Waals surface area contributed by atoms with E-state index in [1.807, 2.05) is 0 Å². The Balaban J connectivity index is 2.21. The van der Waals surface area contributed by atoms with Crippen LogP contribution in [0.3, 0.4) is 0 Å². The van der Waals surface area contributed by atoms with Crippen LogP contribution >= 0.6 is 0 Å². The van der Waals surface area contributed by atoms with Crippen molar-refractivity contribution in [2.24, 2.45) is 11.7 Å². The molecule has 1 saturated heterocycles.